The van der Waals surface area contributed by atoms with Gasteiger partial charge in [-0.1, -0.05) is 188 Å². The first-order chi connectivity index (χ1) is 32.5. The van der Waals surface area contributed by atoms with E-state index in [1.165, 1.54) is 140 Å². The molecule has 0 saturated heterocycles. The molecule has 0 radical (unpaired) electrons. The number of benzene rings is 8. The molecule has 3 heterocycles. The predicted octanol–water partition coefficient (Wildman–Crippen LogP) is 11.9. The van der Waals surface area contributed by atoms with E-state index in [0.717, 1.165) is 7.28 Å². The average molecular weight is 897 g/mol. The van der Waals surface area contributed by atoms with Gasteiger partial charge in [0.05, 0.1) is 0 Å². The summed E-state index contributed by atoms with van der Waals surface area (Å²) in [5.74, 6) is 0. The van der Waals surface area contributed by atoms with Crippen LogP contribution in [0.25, 0.3) is 22.3 Å². The number of hydrogen-bond donors (Lipinski definition) is 1. The number of nitrogens with one attached hydrogen (secondary N) is 1. The summed E-state index contributed by atoms with van der Waals surface area (Å²) in [6.07, 6.45) is 2.38. The third kappa shape index (κ3) is 5.41. The molecule has 0 atom stereocenters. The highest BCUT2D eigenvalue weighted by Gasteiger charge is 2.53. The van der Waals surface area contributed by atoms with E-state index in [9.17, 15) is 0 Å². The van der Waals surface area contributed by atoms with Crippen molar-refractivity contribution in [3.05, 3.63) is 196 Å². The minimum absolute atomic E-state index is 0.0699. The highest BCUT2D eigenvalue weighted by Crippen LogP contribution is 2.54. The lowest BCUT2D eigenvalue weighted by Crippen LogP contribution is -2.74. The van der Waals surface area contributed by atoms with Gasteiger partial charge in [0.25, 0.3) is 0 Å². The second-order valence-corrected chi connectivity index (χ2v) is 27.0. The maximum Gasteiger partial charge on any atom is 0.198 e. The highest BCUT2D eigenvalue weighted by molar-refractivity contribution is 7.23. The van der Waals surface area contributed by atoms with Crippen LogP contribution in [0.1, 0.15) is 113 Å². The largest absolute Gasteiger partial charge is 0.355 e. The van der Waals surface area contributed by atoms with Crippen LogP contribution >= 0.6 is 0 Å². The van der Waals surface area contributed by atoms with Crippen LogP contribution in [-0.2, 0) is 21.7 Å². The maximum absolute atomic E-state index is 4.16. The molecule has 4 heteroatoms. The van der Waals surface area contributed by atoms with E-state index >= 15 is 0 Å². The van der Waals surface area contributed by atoms with Crippen molar-refractivity contribution in [1.29, 1.82) is 0 Å². The number of anilines is 5. The van der Waals surface area contributed by atoms with Crippen molar-refractivity contribution >= 4 is 75.5 Å². The van der Waals surface area contributed by atoms with Crippen molar-refractivity contribution in [3.63, 3.8) is 0 Å². The molecule has 0 saturated carbocycles. The van der Waals surface area contributed by atoms with E-state index in [1.54, 1.807) is 0 Å². The van der Waals surface area contributed by atoms with Crippen molar-refractivity contribution in [2.75, 3.05) is 10.2 Å². The first-order valence-corrected chi connectivity index (χ1v) is 27.1. The Balaban J connectivity index is 1.10. The van der Waals surface area contributed by atoms with Crippen LogP contribution in [-0.4, -0.2) is 15.4 Å². The van der Waals surface area contributed by atoms with Gasteiger partial charge in [0, 0.05) is 44.8 Å². The van der Waals surface area contributed by atoms with Crippen LogP contribution < -0.4 is 41.9 Å². The lowest BCUT2D eigenvalue weighted by atomic mass is 9.54. The van der Waals surface area contributed by atoms with Crippen molar-refractivity contribution in [1.82, 2.24) is 0 Å². The van der Waals surface area contributed by atoms with E-state index in [-0.39, 0.29) is 21.7 Å². The Kier molecular flexibility index (Phi) is 8.54. The molecule has 68 heavy (non-hydrogen) atoms. The second kappa shape index (κ2) is 13.9. The van der Waals surface area contributed by atoms with Crippen molar-refractivity contribution in [2.24, 2.45) is 0 Å². The molecule has 8 aromatic rings. The second-order valence-electron chi connectivity index (χ2n) is 23.3. The predicted molar refractivity (Wildman–Crippen MR) is 294 cm³/mol. The smallest absolute Gasteiger partial charge is 0.198 e. The fraction of sp³-hybridized carbons (Fsp3) is 0.250. The van der Waals surface area contributed by atoms with E-state index in [0.29, 0.717) is 0 Å². The van der Waals surface area contributed by atoms with Gasteiger partial charge in [-0.3, -0.25) is 0 Å². The fourth-order valence-corrected chi connectivity index (χ4v) is 19.6. The number of rotatable bonds is 2. The number of para-hydroxylation sites is 2. The van der Waals surface area contributed by atoms with Gasteiger partial charge in [0.1, 0.15) is 0 Å². The first-order valence-electron chi connectivity index (χ1n) is 25.1. The maximum atomic E-state index is 4.16. The normalized spacial score (nSPS) is 18.2. The third-order valence-electron chi connectivity index (χ3n) is 17.8. The molecule has 334 valence electrons. The van der Waals surface area contributed by atoms with Crippen LogP contribution in [0, 0.1) is 13.8 Å². The number of fused-ring (bicyclic) bond motifs is 14. The first kappa shape index (κ1) is 41.8. The minimum Gasteiger partial charge on any atom is -0.355 e. The number of nitrogens with zero attached hydrogens (tertiary/aromatic N) is 1. The number of aryl methyl sites for hydroxylation is 2. The van der Waals surface area contributed by atoms with Crippen LogP contribution in [0.15, 0.2) is 152 Å². The lowest BCUT2D eigenvalue weighted by Gasteiger charge is -2.46. The Morgan fingerprint density at radius 1 is 0.456 bits per heavy atom. The van der Waals surface area contributed by atoms with E-state index in [1.807, 2.05) is 0 Å². The highest BCUT2D eigenvalue weighted by atomic mass is 28.3. The van der Waals surface area contributed by atoms with Gasteiger partial charge in [-0.2, -0.15) is 0 Å². The van der Waals surface area contributed by atoms with Crippen molar-refractivity contribution in [3.8, 4) is 22.3 Å². The standard InChI is InChI=1S/C64H61BN2Si/c1-38-32-43(42-22-19-29-58-60(42)66-51-25-15-18-28-57(51)68(58)55-26-16-11-20-40(55)41-21-12-17-27-56(41)68)59-54(33-38)67(52-36-47-46(34-39(52)2)61(3,4)30-31-62(47,5)6)53-37-49-48(35-50(53)65-59)63(7,8)44-23-13-14-24-45(44)64(49,9)10/h11-29,32-37,65-66H,30-31H2,1-10H3. The summed E-state index contributed by atoms with van der Waals surface area (Å²) in [4.78, 5) is 2.71. The summed E-state index contributed by atoms with van der Waals surface area (Å²) < 4.78 is 0. The van der Waals surface area contributed by atoms with Gasteiger partial charge >= 0.3 is 0 Å². The van der Waals surface area contributed by atoms with Gasteiger partial charge in [-0.15, -0.1) is 0 Å². The monoisotopic (exact) mass is 896 g/mol. The summed E-state index contributed by atoms with van der Waals surface area (Å²) in [7, 11) is -1.89. The molecule has 1 N–H and O–H groups in total. The molecule has 2 aliphatic carbocycles. The van der Waals surface area contributed by atoms with E-state index < -0.39 is 8.07 Å². The number of hydrogen-bond acceptors (Lipinski definition) is 2. The molecular weight excluding hydrogens is 836 g/mol. The van der Waals surface area contributed by atoms with Crippen LogP contribution in [0.3, 0.4) is 0 Å². The summed E-state index contributed by atoms with van der Waals surface area (Å²) >= 11 is 0. The van der Waals surface area contributed by atoms with E-state index in [4.69, 9.17) is 0 Å². The fourth-order valence-electron chi connectivity index (χ4n) is 14.1. The molecule has 0 bridgehead atoms. The van der Waals surface area contributed by atoms with Crippen molar-refractivity contribution in [2.45, 2.75) is 104 Å². The molecule has 0 unspecified atom stereocenters. The lowest BCUT2D eigenvalue weighted by molar-refractivity contribution is 0.332. The van der Waals surface area contributed by atoms with Gasteiger partial charge in [0.2, 0.25) is 0 Å². The zero-order chi connectivity index (χ0) is 46.9. The van der Waals surface area contributed by atoms with Gasteiger partial charge in [0.15, 0.2) is 15.4 Å². The molecule has 0 fully saturated rings. The Hall–Kier alpha value is -6.36. The molecule has 2 nitrogen and oxygen atoms in total. The average Bonchev–Trinajstić information content (AvgIpc) is 3.62. The zero-order valence-electron chi connectivity index (χ0n) is 41.5. The quantitative estimate of drug-likeness (QED) is 0.174. The van der Waals surface area contributed by atoms with Crippen LogP contribution in [0.5, 0.6) is 0 Å². The van der Waals surface area contributed by atoms with Crippen LogP contribution in [0.4, 0.5) is 28.4 Å². The molecule has 8 aromatic carbocycles. The topological polar surface area (TPSA) is 15.3 Å². The molecule has 1 spiro atoms. The SMILES string of the molecule is Cc1cc(-c2cccc3c2Nc2ccccc2[Si]32c3ccccc3-c3ccccc32)c2c(c1)N(c1cc3c(cc1C)C(C)(C)CCC3(C)C)c1cc3c(cc1B2)C(C)(C)c1ccccc1C3(C)C. The molecule has 0 aromatic heterocycles. The summed E-state index contributed by atoms with van der Waals surface area (Å²) in [5, 5.41) is 10.0. The zero-order valence-corrected chi connectivity index (χ0v) is 42.5. The Labute approximate surface area is 405 Å². The molecular formula is C64H61BN2Si. The van der Waals surface area contributed by atoms with Crippen molar-refractivity contribution < 1.29 is 0 Å². The van der Waals surface area contributed by atoms with Crippen LogP contribution in [0.2, 0.25) is 0 Å². The Morgan fingerprint density at radius 2 is 0.985 bits per heavy atom. The molecule has 13 rings (SSSR count). The molecule has 0 amide bonds. The van der Waals surface area contributed by atoms with Gasteiger partial charge in [-0.25, -0.2) is 0 Å². The molecule has 5 aliphatic rings. The molecule has 3 aliphatic heterocycles. The minimum atomic E-state index is -2.73. The Morgan fingerprint density at radius 3 is 1.65 bits per heavy atom. The van der Waals surface area contributed by atoms with Gasteiger partial charge < -0.3 is 10.2 Å². The van der Waals surface area contributed by atoms with Gasteiger partial charge in [-0.05, 0) is 149 Å². The van der Waals surface area contributed by atoms with E-state index in [2.05, 4.69) is 231 Å². The summed E-state index contributed by atoms with van der Waals surface area (Å²) in [6.45, 7) is 24.3. The Bertz CT molecular complexity index is 3470. The summed E-state index contributed by atoms with van der Waals surface area (Å²) in [5.41, 5.74) is 25.8. The summed E-state index contributed by atoms with van der Waals surface area (Å²) in [6, 6.07) is 59.6. The third-order valence-corrected chi connectivity index (χ3v) is 22.7.